The summed E-state index contributed by atoms with van der Waals surface area (Å²) in [4.78, 5) is 10.4. The molecule has 1 unspecified atom stereocenters. The number of hydrogen-bond acceptors (Lipinski definition) is 3. The summed E-state index contributed by atoms with van der Waals surface area (Å²) in [7, 11) is 0. The van der Waals surface area contributed by atoms with Gasteiger partial charge in [-0.25, -0.2) is 4.89 Å². The van der Waals surface area contributed by atoms with Gasteiger partial charge in [0.15, 0.2) is 5.60 Å². The largest absolute Gasteiger partial charge is 0.203 e. The van der Waals surface area contributed by atoms with Crippen molar-refractivity contribution in [2.24, 2.45) is 10.8 Å². The molecule has 1 atom stereocenters. The Bertz CT molecular complexity index is 285. The van der Waals surface area contributed by atoms with E-state index in [0.717, 1.165) is 18.4 Å². The van der Waals surface area contributed by atoms with E-state index in [-0.39, 0.29) is 10.8 Å². The molecule has 0 N–H and O–H groups in total. The minimum Gasteiger partial charge on any atom is -0.203 e. The van der Waals surface area contributed by atoms with E-state index < -0.39 is 5.60 Å². The van der Waals surface area contributed by atoms with Gasteiger partial charge in [0, 0.05) is 5.41 Å². The van der Waals surface area contributed by atoms with E-state index in [2.05, 4.69) is 39.3 Å². The van der Waals surface area contributed by atoms with Crippen LogP contribution in [0.25, 0.3) is 0 Å². The molecule has 1 aliphatic carbocycles. The third-order valence-corrected chi connectivity index (χ3v) is 4.26. The molecule has 2 rings (SSSR count). The maximum absolute atomic E-state index is 5.42. The van der Waals surface area contributed by atoms with Gasteiger partial charge in [0.2, 0.25) is 0 Å². The summed E-state index contributed by atoms with van der Waals surface area (Å²) < 4.78 is 0. The Labute approximate surface area is 91.3 Å². The van der Waals surface area contributed by atoms with Crippen molar-refractivity contribution in [1.82, 2.24) is 0 Å². The fourth-order valence-corrected chi connectivity index (χ4v) is 2.59. The second-order valence-electron chi connectivity index (χ2n) is 5.99. The van der Waals surface area contributed by atoms with E-state index in [1.54, 1.807) is 0 Å². The third-order valence-electron chi connectivity index (χ3n) is 4.26. The average molecular weight is 212 g/mol. The van der Waals surface area contributed by atoms with Crippen molar-refractivity contribution < 1.29 is 14.8 Å². The Kier molecular flexibility index (Phi) is 2.27. The van der Waals surface area contributed by atoms with Crippen LogP contribution in [0.1, 0.15) is 40.5 Å². The molecule has 2 fully saturated rings. The fourth-order valence-electron chi connectivity index (χ4n) is 2.59. The molecule has 2 aliphatic rings. The minimum absolute atomic E-state index is 0.0100. The van der Waals surface area contributed by atoms with Gasteiger partial charge in [0.05, 0.1) is 0 Å². The van der Waals surface area contributed by atoms with Crippen LogP contribution in [0.4, 0.5) is 0 Å². The third kappa shape index (κ3) is 1.37. The molecule has 0 radical (unpaired) electrons. The second-order valence-corrected chi connectivity index (χ2v) is 5.99. The highest BCUT2D eigenvalue weighted by Gasteiger charge is 2.59. The highest BCUT2D eigenvalue weighted by atomic mass is 17.5. The Morgan fingerprint density at radius 1 is 1.13 bits per heavy atom. The lowest BCUT2D eigenvalue weighted by Gasteiger charge is -2.51. The lowest BCUT2D eigenvalue weighted by molar-refractivity contribution is -0.474. The van der Waals surface area contributed by atoms with E-state index >= 15 is 0 Å². The molecule has 0 bridgehead atoms. The molecular formula is C12H20O3. The maximum atomic E-state index is 5.42. The van der Waals surface area contributed by atoms with Crippen molar-refractivity contribution in [3.05, 3.63) is 12.2 Å². The van der Waals surface area contributed by atoms with Crippen molar-refractivity contribution in [3.63, 3.8) is 0 Å². The number of hydrogen-bond donors (Lipinski definition) is 0. The van der Waals surface area contributed by atoms with E-state index in [1.807, 2.05) is 0 Å². The summed E-state index contributed by atoms with van der Waals surface area (Å²) >= 11 is 0. The highest BCUT2D eigenvalue weighted by molar-refractivity contribution is 5.28. The smallest absolute Gasteiger partial charge is 0.159 e. The topological polar surface area (TPSA) is 27.7 Å². The quantitative estimate of drug-likeness (QED) is 0.456. The predicted octanol–water partition coefficient (Wildman–Crippen LogP) is 3.02. The van der Waals surface area contributed by atoms with E-state index in [0.29, 0.717) is 6.61 Å². The molecule has 3 nitrogen and oxygen atoms in total. The summed E-state index contributed by atoms with van der Waals surface area (Å²) in [6, 6.07) is 0. The van der Waals surface area contributed by atoms with Gasteiger partial charge in [-0.1, -0.05) is 39.3 Å². The van der Waals surface area contributed by atoms with Crippen LogP contribution in [0.5, 0.6) is 0 Å². The fraction of sp³-hybridized carbons (Fsp3) is 0.833. The van der Waals surface area contributed by atoms with Gasteiger partial charge in [-0.15, -0.1) is 0 Å². The molecule has 0 amide bonds. The summed E-state index contributed by atoms with van der Waals surface area (Å²) in [5.74, 6) is 0. The maximum Gasteiger partial charge on any atom is 0.159 e. The van der Waals surface area contributed by atoms with Crippen LogP contribution in [-0.4, -0.2) is 12.2 Å². The molecule has 0 aromatic heterocycles. The van der Waals surface area contributed by atoms with Crippen LogP contribution >= 0.6 is 0 Å². The first-order valence-electron chi connectivity index (χ1n) is 5.49. The van der Waals surface area contributed by atoms with Gasteiger partial charge in [-0.2, -0.15) is 4.89 Å². The van der Waals surface area contributed by atoms with Crippen LogP contribution < -0.4 is 0 Å². The minimum atomic E-state index is -0.477. The first-order valence-corrected chi connectivity index (χ1v) is 5.49. The standard InChI is InChI=1S/C12H20O3/c1-9-10(2,3)6-7-11(4,5)12(9)8-13-15-14-12/h1,6-8H2,2-5H3. The summed E-state index contributed by atoms with van der Waals surface area (Å²) in [5, 5.41) is 4.68. The van der Waals surface area contributed by atoms with E-state index in [9.17, 15) is 0 Å². The molecule has 1 aliphatic heterocycles. The van der Waals surface area contributed by atoms with Crippen LogP contribution in [-0.2, 0) is 14.8 Å². The monoisotopic (exact) mass is 212 g/mol. The van der Waals surface area contributed by atoms with Crippen molar-refractivity contribution in [1.29, 1.82) is 0 Å². The second kappa shape index (κ2) is 3.06. The Morgan fingerprint density at radius 2 is 1.80 bits per heavy atom. The molecule has 1 heterocycles. The molecule has 86 valence electrons. The van der Waals surface area contributed by atoms with Gasteiger partial charge >= 0.3 is 0 Å². The van der Waals surface area contributed by atoms with Gasteiger partial charge in [-0.3, -0.25) is 0 Å². The molecule has 1 saturated carbocycles. The zero-order valence-electron chi connectivity index (χ0n) is 10.1. The summed E-state index contributed by atoms with van der Waals surface area (Å²) in [5.41, 5.74) is 0.709. The zero-order chi connectivity index (χ0) is 11.3. The highest BCUT2D eigenvalue weighted by Crippen LogP contribution is 2.57. The first-order chi connectivity index (χ1) is 6.82. The van der Waals surface area contributed by atoms with Crippen LogP contribution in [0.2, 0.25) is 0 Å². The molecule has 0 aromatic rings. The van der Waals surface area contributed by atoms with Crippen molar-refractivity contribution in [2.75, 3.05) is 6.61 Å². The van der Waals surface area contributed by atoms with E-state index in [4.69, 9.17) is 9.78 Å². The van der Waals surface area contributed by atoms with E-state index in [1.165, 1.54) is 0 Å². The molecule has 3 heteroatoms. The zero-order valence-corrected chi connectivity index (χ0v) is 10.1. The molecular weight excluding hydrogens is 192 g/mol. The van der Waals surface area contributed by atoms with Crippen molar-refractivity contribution in [2.45, 2.75) is 46.1 Å². The summed E-state index contributed by atoms with van der Waals surface area (Å²) in [6.45, 7) is 13.4. The van der Waals surface area contributed by atoms with Crippen molar-refractivity contribution >= 4 is 0 Å². The lowest BCUT2D eigenvalue weighted by atomic mass is 9.55. The van der Waals surface area contributed by atoms with Crippen LogP contribution in [0.3, 0.4) is 0 Å². The lowest BCUT2D eigenvalue weighted by Crippen LogP contribution is -2.55. The molecule has 0 aromatic carbocycles. The molecule has 15 heavy (non-hydrogen) atoms. The average Bonchev–Trinajstić information content (AvgIpc) is 2.62. The van der Waals surface area contributed by atoms with Gasteiger partial charge in [0.25, 0.3) is 0 Å². The normalized spacial score (nSPS) is 38.5. The van der Waals surface area contributed by atoms with Crippen molar-refractivity contribution in [3.8, 4) is 0 Å². The Balaban J connectivity index is 2.41. The van der Waals surface area contributed by atoms with Gasteiger partial charge in [0.1, 0.15) is 6.61 Å². The van der Waals surface area contributed by atoms with Crippen LogP contribution in [0.15, 0.2) is 12.2 Å². The molecule has 1 spiro atoms. The van der Waals surface area contributed by atoms with Gasteiger partial charge < -0.3 is 0 Å². The molecule has 1 saturated heterocycles. The van der Waals surface area contributed by atoms with Crippen LogP contribution in [0, 0.1) is 10.8 Å². The Morgan fingerprint density at radius 3 is 2.33 bits per heavy atom. The predicted molar refractivity (Wildman–Crippen MR) is 56.8 cm³/mol. The van der Waals surface area contributed by atoms with Gasteiger partial charge in [-0.05, 0) is 23.8 Å². The Hall–Kier alpha value is -0.380. The SMILES string of the molecule is C=C1C(C)(C)CCC(C)(C)C12COOO2. The first kappa shape index (κ1) is 11.1. The number of rotatable bonds is 0. The summed E-state index contributed by atoms with van der Waals surface area (Å²) in [6.07, 6.45) is 2.22.